The van der Waals surface area contributed by atoms with Gasteiger partial charge in [0.2, 0.25) is 0 Å². The second-order valence-electron chi connectivity index (χ2n) is 11.6. The van der Waals surface area contributed by atoms with Gasteiger partial charge in [-0.25, -0.2) is 4.68 Å². The van der Waals surface area contributed by atoms with E-state index < -0.39 is 8.32 Å². The lowest BCUT2D eigenvalue weighted by molar-refractivity contribution is 0.238. The van der Waals surface area contributed by atoms with Gasteiger partial charge in [-0.15, -0.1) is 5.10 Å². The van der Waals surface area contributed by atoms with Crippen molar-refractivity contribution in [2.24, 2.45) is 5.92 Å². The fourth-order valence-corrected chi connectivity index (χ4v) is 6.19. The van der Waals surface area contributed by atoms with Crippen LogP contribution in [0.15, 0.2) is 6.20 Å². The SMILES string of the molecule is CC(C)CCCCN1[C@@H]2CC[C@H]1[C@@H](c1cnnn1CCCO[Si](C)(C)C(C)(C)C)C2. The van der Waals surface area contributed by atoms with E-state index in [-0.39, 0.29) is 5.04 Å². The molecule has 0 saturated carbocycles. The molecule has 2 aliphatic rings. The number of unbranched alkanes of at least 4 members (excludes halogenated alkanes) is 1. The number of rotatable bonds is 11. The predicted molar refractivity (Wildman–Crippen MR) is 127 cm³/mol. The molecule has 0 spiro atoms. The molecule has 2 fully saturated rings. The zero-order chi connectivity index (χ0) is 21.9. The van der Waals surface area contributed by atoms with Crippen LogP contribution in [-0.2, 0) is 11.0 Å². The van der Waals surface area contributed by atoms with Gasteiger partial charge in [0.15, 0.2) is 8.32 Å². The van der Waals surface area contributed by atoms with Crippen LogP contribution in [0.2, 0.25) is 18.1 Å². The molecule has 172 valence electrons. The van der Waals surface area contributed by atoms with E-state index >= 15 is 0 Å². The molecule has 30 heavy (non-hydrogen) atoms. The molecule has 3 rings (SSSR count). The summed E-state index contributed by atoms with van der Waals surface area (Å²) in [6.45, 7) is 19.3. The monoisotopic (exact) mass is 434 g/mol. The van der Waals surface area contributed by atoms with Crippen molar-refractivity contribution in [2.45, 2.75) is 122 Å². The second kappa shape index (κ2) is 9.82. The minimum Gasteiger partial charge on any atom is -0.417 e. The van der Waals surface area contributed by atoms with Crippen LogP contribution in [0, 0.1) is 5.92 Å². The van der Waals surface area contributed by atoms with Crippen LogP contribution in [0.4, 0.5) is 0 Å². The highest BCUT2D eigenvalue weighted by molar-refractivity contribution is 6.74. The zero-order valence-electron chi connectivity index (χ0n) is 20.7. The Labute approximate surface area is 186 Å². The summed E-state index contributed by atoms with van der Waals surface area (Å²) in [5.74, 6) is 1.44. The molecule has 1 aromatic rings. The molecule has 0 unspecified atom stereocenters. The Balaban J connectivity index is 1.50. The van der Waals surface area contributed by atoms with E-state index in [1.807, 2.05) is 6.20 Å². The topological polar surface area (TPSA) is 43.2 Å². The van der Waals surface area contributed by atoms with Gasteiger partial charge in [-0.05, 0) is 62.7 Å². The first-order valence-electron chi connectivity index (χ1n) is 12.4. The molecule has 3 atom stereocenters. The van der Waals surface area contributed by atoms with Gasteiger partial charge in [0, 0.05) is 31.2 Å². The fraction of sp³-hybridized carbons (Fsp3) is 0.917. The quantitative estimate of drug-likeness (QED) is 0.324. The summed E-state index contributed by atoms with van der Waals surface area (Å²) in [5, 5.41) is 9.02. The van der Waals surface area contributed by atoms with Gasteiger partial charge < -0.3 is 4.43 Å². The lowest BCUT2D eigenvalue weighted by Gasteiger charge is -2.36. The molecule has 0 N–H and O–H groups in total. The Morgan fingerprint density at radius 2 is 1.90 bits per heavy atom. The molecule has 1 aromatic heterocycles. The molecule has 6 heteroatoms. The number of fused-ring (bicyclic) bond motifs is 2. The summed E-state index contributed by atoms with van der Waals surface area (Å²) in [6, 6.07) is 1.49. The van der Waals surface area contributed by atoms with E-state index in [0.29, 0.717) is 12.0 Å². The van der Waals surface area contributed by atoms with Crippen LogP contribution in [0.25, 0.3) is 0 Å². The maximum absolute atomic E-state index is 6.36. The van der Waals surface area contributed by atoms with Gasteiger partial charge in [0.1, 0.15) is 0 Å². The van der Waals surface area contributed by atoms with E-state index in [1.54, 1.807) is 0 Å². The fourth-order valence-electron chi connectivity index (χ4n) is 5.10. The third-order valence-electron chi connectivity index (χ3n) is 7.94. The first-order chi connectivity index (χ1) is 14.1. The Morgan fingerprint density at radius 3 is 2.60 bits per heavy atom. The van der Waals surface area contributed by atoms with Crippen molar-refractivity contribution >= 4 is 8.32 Å². The molecular weight excluding hydrogens is 388 g/mol. The van der Waals surface area contributed by atoms with E-state index in [1.165, 1.54) is 50.8 Å². The van der Waals surface area contributed by atoms with Crippen LogP contribution in [0.5, 0.6) is 0 Å². The minimum absolute atomic E-state index is 0.271. The summed E-state index contributed by atoms with van der Waals surface area (Å²) in [6.07, 6.45) is 11.2. The third kappa shape index (κ3) is 5.55. The van der Waals surface area contributed by atoms with Crippen LogP contribution < -0.4 is 0 Å². The molecule has 0 aliphatic carbocycles. The van der Waals surface area contributed by atoms with E-state index in [2.05, 4.69) is 67.6 Å². The Kier molecular flexibility index (Phi) is 7.84. The number of nitrogens with zero attached hydrogens (tertiary/aromatic N) is 4. The van der Waals surface area contributed by atoms with Crippen molar-refractivity contribution in [3.8, 4) is 0 Å². The molecule has 0 aromatic carbocycles. The zero-order valence-corrected chi connectivity index (χ0v) is 21.7. The Bertz CT molecular complexity index is 666. The van der Waals surface area contributed by atoms with Crippen LogP contribution >= 0.6 is 0 Å². The average molecular weight is 435 g/mol. The van der Waals surface area contributed by atoms with Gasteiger partial charge in [0.25, 0.3) is 0 Å². The first kappa shape index (κ1) is 23.9. The summed E-state index contributed by atoms with van der Waals surface area (Å²) in [7, 11) is -1.66. The predicted octanol–water partition coefficient (Wildman–Crippen LogP) is 5.84. The standard InChI is InChI=1S/C24H46N4OSi/c1-19(2)11-8-9-14-27-20-12-13-22(27)21(17-20)23-18-25-26-28(23)15-10-16-29-30(6,7)24(3,4)5/h18-22H,8-17H2,1-7H3/t20-,21+,22+/m1/s1. The van der Waals surface area contributed by atoms with Crippen LogP contribution in [-0.4, -0.2) is 53.4 Å². The summed E-state index contributed by atoms with van der Waals surface area (Å²) in [4.78, 5) is 2.82. The van der Waals surface area contributed by atoms with Crippen molar-refractivity contribution in [2.75, 3.05) is 13.2 Å². The van der Waals surface area contributed by atoms with Crippen molar-refractivity contribution in [3.05, 3.63) is 11.9 Å². The Morgan fingerprint density at radius 1 is 1.13 bits per heavy atom. The summed E-state index contributed by atoms with van der Waals surface area (Å²) < 4.78 is 8.54. The number of aryl methyl sites for hydroxylation is 1. The summed E-state index contributed by atoms with van der Waals surface area (Å²) in [5.41, 5.74) is 1.36. The smallest absolute Gasteiger partial charge is 0.191 e. The molecule has 0 amide bonds. The molecule has 2 bridgehead atoms. The Hall–Kier alpha value is -0.723. The van der Waals surface area contributed by atoms with Crippen molar-refractivity contribution < 1.29 is 4.43 Å². The minimum atomic E-state index is -1.66. The van der Waals surface area contributed by atoms with Crippen molar-refractivity contribution in [3.63, 3.8) is 0 Å². The second-order valence-corrected chi connectivity index (χ2v) is 16.4. The highest BCUT2D eigenvalue weighted by Gasteiger charge is 2.47. The highest BCUT2D eigenvalue weighted by Crippen LogP contribution is 2.46. The molecule has 3 heterocycles. The number of aromatic nitrogens is 3. The molecular formula is C24H46N4OSi. The van der Waals surface area contributed by atoms with Crippen molar-refractivity contribution in [1.82, 2.24) is 19.9 Å². The average Bonchev–Trinajstić information content (AvgIpc) is 3.35. The van der Waals surface area contributed by atoms with Gasteiger partial charge in [0.05, 0.1) is 11.9 Å². The van der Waals surface area contributed by atoms with Gasteiger partial charge in [-0.2, -0.15) is 0 Å². The van der Waals surface area contributed by atoms with Crippen LogP contribution in [0.3, 0.4) is 0 Å². The van der Waals surface area contributed by atoms with Crippen LogP contribution in [0.1, 0.15) is 91.2 Å². The number of hydrogen-bond acceptors (Lipinski definition) is 4. The summed E-state index contributed by atoms with van der Waals surface area (Å²) >= 11 is 0. The largest absolute Gasteiger partial charge is 0.417 e. The van der Waals surface area contributed by atoms with E-state index in [0.717, 1.165) is 31.5 Å². The van der Waals surface area contributed by atoms with E-state index in [9.17, 15) is 0 Å². The van der Waals surface area contributed by atoms with Gasteiger partial charge in [-0.1, -0.05) is 52.7 Å². The first-order valence-corrected chi connectivity index (χ1v) is 15.3. The molecule has 0 radical (unpaired) electrons. The van der Waals surface area contributed by atoms with Gasteiger partial charge in [-0.3, -0.25) is 4.90 Å². The maximum atomic E-state index is 6.36. The normalized spacial score (nSPS) is 25.0. The molecule has 2 saturated heterocycles. The maximum Gasteiger partial charge on any atom is 0.191 e. The molecule has 2 aliphatic heterocycles. The third-order valence-corrected chi connectivity index (χ3v) is 12.5. The lowest BCUT2D eigenvalue weighted by atomic mass is 9.87. The lowest BCUT2D eigenvalue weighted by Crippen LogP contribution is -2.41. The number of hydrogen-bond donors (Lipinski definition) is 0. The molecule has 5 nitrogen and oxygen atoms in total. The van der Waals surface area contributed by atoms with Crippen molar-refractivity contribution in [1.29, 1.82) is 0 Å². The van der Waals surface area contributed by atoms with Gasteiger partial charge >= 0.3 is 0 Å². The highest BCUT2D eigenvalue weighted by atomic mass is 28.4. The van der Waals surface area contributed by atoms with E-state index in [4.69, 9.17) is 4.43 Å².